The molecule has 138 valence electrons. The maximum atomic E-state index is 12.7. The van der Waals surface area contributed by atoms with Gasteiger partial charge in [-0.15, -0.1) is 11.8 Å². The van der Waals surface area contributed by atoms with Gasteiger partial charge in [0.25, 0.3) is 5.91 Å². The molecule has 0 saturated carbocycles. The van der Waals surface area contributed by atoms with E-state index in [1.54, 1.807) is 6.20 Å². The third-order valence-electron chi connectivity index (χ3n) is 5.02. The van der Waals surface area contributed by atoms with E-state index in [4.69, 9.17) is 0 Å². The van der Waals surface area contributed by atoms with Gasteiger partial charge < -0.3 is 10.2 Å². The van der Waals surface area contributed by atoms with Crippen molar-refractivity contribution in [2.75, 3.05) is 25.9 Å². The third kappa shape index (κ3) is 5.21. The van der Waals surface area contributed by atoms with E-state index in [0.717, 1.165) is 50.3 Å². The Hall–Kier alpha value is -1.56. The minimum Gasteiger partial charge on any atom is -0.356 e. The number of hydrogen-bond acceptors (Lipinski definition) is 4. The van der Waals surface area contributed by atoms with Gasteiger partial charge in [-0.25, -0.2) is 4.98 Å². The van der Waals surface area contributed by atoms with Crippen molar-refractivity contribution in [3.8, 4) is 0 Å². The van der Waals surface area contributed by atoms with E-state index >= 15 is 0 Å². The highest BCUT2D eigenvalue weighted by atomic mass is 32.2. The number of amides is 2. The Balaban J connectivity index is 1.83. The molecular formula is C19H29N3O2S. The fourth-order valence-electron chi connectivity index (χ4n) is 3.28. The first-order chi connectivity index (χ1) is 12.1. The summed E-state index contributed by atoms with van der Waals surface area (Å²) in [7, 11) is 0. The molecule has 0 bridgehead atoms. The standard InChI is InChI=1S/C19H29N3O2S/c1-4-15(5-2)17(23)21-13-14-8-11-22(12-9-14)19(24)16-7-6-10-20-18(16)25-3/h6-7,10,14-15H,4-5,8-9,11-13H2,1-3H3,(H,21,23). The van der Waals surface area contributed by atoms with Gasteiger partial charge in [0.15, 0.2) is 0 Å². The van der Waals surface area contributed by atoms with Crippen LogP contribution in [-0.4, -0.2) is 47.6 Å². The molecule has 1 aromatic rings. The van der Waals surface area contributed by atoms with Crippen LogP contribution in [-0.2, 0) is 4.79 Å². The zero-order chi connectivity index (χ0) is 18.2. The second kappa shape index (κ2) is 9.80. The van der Waals surface area contributed by atoms with Crippen LogP contribution in [0, 0.1) is 11.8 Å². The lowest BCUT2D eigenvalue weighted by molar-refractivity contribution is -0.125. The van der Waals surface area contributed by atoms with Crippen LogP contribution in [0.2, 0.25) is 0 Å². The maximum Gasteiger partial charge on any atom is 0.256 e. The monoisotopic (exact) mass is 363 g/mol. The number of rotatable bonds is 7. The minimum atomic E-state index is 0.0666. The number of nitrogens with one attached hydrogen (secondary N) is 1. The fourth-order valence-corrected chi connectivity index (χ4v) is 3.82. The van der Waals surface area contributed by atoms with Gasteiger partial charge in [-0.1, -0.05) is 13.8 Å². The summed E-state index contributed by atoms with van der Waals surface area (Å²) < 4.78 is 0. The van der Waals surface area contributed by atoms with Crippen molar-refractivity contribution in [1.29, 1.82) is 0 Å². The van der Waals surface area contributed by atoms with Crippen molar-refractivity contribution < 1.29 is 9.59 Å². The summed E-state index contributed by atoms with van der Waals surface area (Å²) in [5.41, 5.74) is 0.690. The molecule has 1 aliphatic rings. The van der Waals surface area contributed by atoms with E-state index in [1.165, 1.54) is 11.8 Å². The lowest BCUT2D eigenvalue weighted by Gasteiger charge is -2.32. The normalized spacial score (nSPS) is 15.4. The third-order valence-corrected chi connectivity index (χ3v) is 5.73. The molecule has 1 fully saturated rings. The Kier molecular flexibility index (Phi) is 7.75. The topological polar surface area (TPSA) is 62.3 Å². The van der Waals surface area contributed by atoms with Crippen LogP contribution in [0.15, 0.2) is 23.4 Å². The number of thioether (sulfide) groups is 1. The van der Waals surface area contributed by atoms with E-state index in [1.807, 2.05) is 23.3 Å². The quantitative estimate of drug-likeness (QED) is 0.756. The highest BCUT2D eigenvalue weighted by Gasteiger charge is 2.26. The van der Waals surface area contributed by atoms with Crippen molar-refractivity contribution in [2.45, 2.75) is 44.6 Å². The summed E-state index contributed by atoms with van der Waals surface area (Å²) in [5.74, 6) is 0.814. The Labute approximate surface area is 155 Å². The summed E-state index contributed by atoms with van der Waals surface area (Å²) in [6.45, 7) is 6.32. The molecule has 0 aromatic carbocycles. The molecule has 0 radical (unpaired) electrons. The van der Waals surface area contributed by atoms with Gasteiger partial charge in [-0.2, -0.15) is 0 Å². The molecule has 1 aliphatic heterocycles. The molecule has 1 saturated heterocycles. The molecule has 25 heavy (non-hydrogen) atoms. The van der Waals surface area contributed by atoms with Gasteiger partial charge in [0.05, 0.1) is 5.56 Å². The lowest BCUT2D eigenvalue weighted by atomic mass is 9.95. The smallest absolute Gasteiger partial charge is 0.256 e. The van der Waals surface area contributed by atoms with Crippen molar-refractivity contribution in [1.82, 2.24) is 15.2 Å². The van der Waals surface area contributed by atoms with Crippen molar-refractivity contribution in [3.63, 3.8) is 0 Å². The average molecular weight is 364 g/mol. The van der Waals surface area contributed by atoms with Crippen LogP contribution in [0.1, 0.15) is 49.9 Å². The zero-order valence-electron chi connectivity index (χ0n) is 15.5. The number of carbonyl (C=O) groups is 2. The van der Waals surface area contributed by atoms with Gasteiger partial charge in [0.1, 0.15) is 5.03 Å². The van der Waals surface area contributed by atoms with Gasteiger partial charge in [0.2, 0.25) is 5.91 Å². The van der Waals surface area contributed by atoms with Crippen LogP contribution in [0.3, 0.4) is 0 Å². The van der Waals surface area contributed by atoms with Crippen LogP contribution < -0.4 is 5.32 Å². The van der Waals surface area contributed by atoms with E-state index in [0.29, 0.717) is 11.5 Å². The molecule has 5 nitrogen and oxygen atoms in total. The molecule has 1 N–H and O–H groups in total. The number of likely N-dealkylation sites (tertiary alicyclic amines) is 1. The molecule has 6 heteroatoms. The average Bonchev–Trinajstić information content (AvgIpc) is 2.67. The molecule has 1 aromatic heterocycles. The predicted molar refractivity (Wildman–Crippen MR) is 102 cm³/mol. The number of nitrogens with zero attached hydrogens (tertiary/aromatic N) is 2. The molecular weight excluding hydrogens is 334 g/mol. The highest BCUT2D eigenvalue weighted by molar-refractivity contribution is 7.98. The second-order valence-electron chi connectivity index (χ2n) is 6.55. The molecule has 0 spiro atoms. The van der Waals surface area contributed by atoms with E-state index in [2.05, 4.69) is 24.1 Å². The zero-order valence-corrected chi connectivity index (χ0v) is 16.3. The van der Waals surface area contributed by atoms with E-state index in [-0.39, 0.29) is 17.7 Å². The largest absolute Gasteiger partial charge is 0.356 e. The molecule has 0 unspecified atom stereocenters. The number of piperidine rings is 1. The van der Waals surface area contributed by atoms with Crippen LogP contribution >= 0.6 is 11.8 Å². The van der Waals surface area contributed by atoms with Gasteiger partial charge in [-0.3, -0.25) is 9.59 Å². The molecule has 0 aliphatic carbocycles. The summed E-state index contributed by atoms with van der Waals surface area (Å²) in [6, 6.07) is 3.66. The predicted octanol–water partition coefficient (Wildman–Crippen LogP) is 3.21. The minimum absolute atomic E-state index is 0.0666. The first-order valence-electron chi connectivity index (χ1n) is 9.16. The van der Waals surface area contributed by atoms with Crippen LogP contribution in [0.5, 0.6) is 0 Å². The Morgan fingerprint density at radius 3 is 2.60 bits per heavy atom. The highest BCUT2D eigenvalue weighted by Crippen LogP contribution is 2.22. The van der Waals surface area contributed by atoms with Crippen molar-refractivity contribution >= 4 is 23.6 Å². The number of aromatic nitrogens is 1. The van der Waals surface area contributed by atoms with Crippen LogP contribution in [0.4, 0.5) is 0 Å². The first-order valence-corrected chi connectivity index (χ1v) is 10.4. The molecule has 2 amide bonds. The Morgan fingerprint density at radius 1 is 1.32 bits per heavy atom. The fraction of sp³-hybridized carbons (Fsp3) is 0.632. The molecule has 0 atom stereocenters. The van der Waals surface area contributed by atoms with Crippen LogP contribution in [0.25, 0.3) is 0 Å². The molecule has 2 heterocycles. The Bertz CT molecular complexity index is 582. The number of carbonyl (C=O) groups excluding carboxylic acids is 2. The summed E-state index contributed by atoms with van der Waals surface area (Å²) in [4.78, 5) is 31.0. The van der Waals surface area contributed by atoms with Gasteiger partial charge >= 0.3 is 0 Å². The second-order valence-corrected chi connectivity index (χ2v) is 7.35. The van der Waals surface area contributed by atoms with Crippen molar-refractivity contribution in [3.05, 3.63) is 23.9 Å². The van der Waals surface area contributed by atoms with Gasteiger partial charge in [0, 0.05) is 31.7 Å². The van der Waals surface area contributed by atoms with E-state index in [9.17, 15) is 9.59 Å². The van der Waals surface area contributed by atoms with Crippen molar-refractivity contribution in [2.24, 2.45) is 11.8 Å². The van der Waals surface area contributed by atoms with E-state index < -0.39 is 0 Å². The SMILES string of the molecule is CCC(CC)C(=O)NCC1CCN(C(=O)c2cccnc2SC)CC1. The van der Waals surface area contributed by atoms with Gasteiger partial charge in [-0.05, 0) is 50.0 Å². The Morgan fingerprint density at radius 2 is 2.00 bits per heavy atom. The lowest BCUT2D eigenvalue weighted by Crippen LogP contribution is -2.42. The summed E-state index contributed by atoms with van der Waals surface area (Å²) in [5, 5.41) is 3.88. The number of pyridine rings is 1. The first kappa shape index (κ1) is 19.8. The molecule has 2 rings (SSSR count). The summed E-state index contributed by atoms with van der Waals surface area (Å²) in [6.07, 6.45) is 7.30. The number of hydrogen-bond donors (Lipinski definition) is 1. The maximum absolute atomic E-state index is 12.7. The summed E-state index contributed by atoms with van der Waals surface area (Å²) >= 11 is 1.50.